The van der Waals surface area contributed by atoms with Crippen LogP contribution >= 0.6 is 22.2 Å². The number of rotatable bonds is 3. The lowest BCUT2D eigenvalue weighted by Crippen LogP contribution is -2.27. The second-order valence-electron chi connectivity index (χ2n) is 4.50. The van der Waals surface area contributed by atoms with Crippen molar-refractivity contribution in [3.63, 3.8) is 0 Å². The summed E-state index contributed by atoms with van der Waals surface area (Å²) in [5.41, 5.74) is 1.38. The van der Waals surface area contributed by atoms with E-state index in [0.717, 1.165) is 6.04 Å². The minimum absolute atomic E-state index is 0.0751. The van der Waals surface area contributed by atoms with Gasteiger partial charge in [-0.05, 0) is 23.6 Å². The third kappa shape index (κ3) is 3.64. The Morgan fingerprint density at radius 3 is 2.07 bits per heavy atom. The topological polar surface area (TPSA) is 0 Å². The van der Waals surface area contributed by atoms with Gasteiger partial charge >= 0.3 is 0 Å². The van der Waals surface area contributed by atoms with Gasteiger partial charge in [-0.1, -0.05) is 44.2 Å². The highest BCUT2D eigenvalue weighted by molar-refractivity contribution is 7.44. The van der Waals surface area contributed by atoms with E-state index >= 15 is 0 Å². The first kappa shape index (κ1) is 12.1. The minimum Gasteiger partial charge on any atom is -0.146 e. The van der Waals surface area contributed by atoms with Crippen LogP contribution in [0.4, 0.5) is 0 Å². The minimum atomic E-state index is -2.03. The Hall–Kier alpha value is 0.0169. The Labute approximate surface area is 96.7 Å². The Morgan fingerprint density at radius 2 is 1.64 bits per heavy atom. The van der Waals surface area contributed by atoms with Crippen LogP contribution in [0.2, 0.25) is 12.6 Å². The van der Waals surface area contributed by atoms with Crippen LogP contribution in [0.25, 0.3) is 0 Å². The monoisotopic (exact) mass is 246 g/mol. The quantitative estimate of drug-likeness (QED) is 0.544. The molecule has 78 valence electrons. The molecule has 0 unspecified atom stereocenters. The van der Waals surface area contributed by atoms with E-state index in [1.165, 1.54) is 5.56 Å². The molecule has 0 aromatic heterocycles. The van der Waals surface area contributed by atoms with Crippen LogP contribution in [0.15, 0.2) is 30.3 Å². The molecule has 0 radical (unpaired) electrons. The van der Waals surface area contributed by atoms with E-state index in [-0.39, 0.29) is 5.41 Å². The predicted octanol–water partition coefficient (Wildman–Crippen LogP) is 4.51. The van der Waals surface area contributed by atoms with Gasteiger partial charge in [-0.2, -0.15) is 0 Å². The van der Waals surface area contributed by atoms with Crippen LogP contribution < -0.4 is 0 Å². The summed E-state index contributed by atoms with van der Waals surface area (Å²) in [7, 11) is 0. The Kier molecular flexibility index (Phi) is 3.67. The highest BCUT2D eigenvalue weighted by Crippen LogP contribution is 2.35. The fourth-order valence-corrected chi connectivity index (χ4v) is 5.53. The average molecular weight is 247 g/mol. The predicted molar refractivity (Wildman–Crippen MR) is 67.6 cm³/mol. The molecule has 1 aromatic carbocycles. The zero-order valence-corrected chi connectivity index (χ0v) is 11.4. The van der Waals surface area contributed by atoms with Crippen LogP contribution in [-0.4, -0.2) is 6.69 Å². The lowest BCUT2D eigenvalue weighted by Gasteiger charge is -2.28. The molecule has 0 aliphatic carbocycles. The SMILES string of the molecule is CC(C)(C[Si](C)(Cl)Cl)c1ccccc1. The molecule has 3 heteroatoms. The summed E-state index contributed by atoms with van der Waals surface area (Å²) in [6, 6.07) is 11.3. The zero-order chi connectivity index (χ0) is 10.8. The van der Waals surface area contributed by atoms with E-state index in [9.17, 15) is 0 Å². The van der Waals surface area contributed by atoms with Crippen LogP contribution in [-0.2, 0) is 5.41 Å². The first-order valence-corrected chi connectivity index (χ1v) is 9.48. The summed E-state index contributed by atoms with van der Waals surface area (Å²) in [4.78, 5) is 0. The highest BCUT2D eigenvalue weighted by Gasteiger charge is 2.32. The molecule has 0 nitrogen and oxygen atoms in total. The number of halogens is 2. The molecule has 0 atom stereocenters. The van der Waals surface area contributed by atoms with Gasteiger partial charge < -0.3 is 0 Å². The molecule has 0 heterocycles. The van der Waals surface area contributed by atoms with Crippen molar-refractivity contribution in [3.05, 3.63) is 35.9 Å². The maximum atomic E-state index is 6.17. The van der Waals surface area contributed by atoms with Crippen molar-refractivity contribution in [1.29, 1.82) is 0 Å². The first-order chi connectivity index (χ1) is 6.31. The molecule has 0 spiro atoms. The third-order valence-electron chi connectivity index (χ3n) is 2.31. The molecule has 0 fully saturated rings. The van der Waals surface area contributed by atoms with Gasteiger partial charge in [0.05, 0.1) is 0 Å². The zero-order valence-electron chi connectivity index (χ0n) is 8.85. The Morgan fingerprint density at radius 1 is 1.14 bits per heavy atom. The van der Waals surface area contributed by atoms with Crippen molar-refractivity contribution in [3.8, 4) is 0 Å². The number of hydrogen-bond donors (Lipinski definition) is 0. The lowest BCUT2D eigenvalue weighted by molar-refractivity contribution is 0.584. The van der Waals surface area contributed by atoms with Crippen LogP contribution in [0.3, 0.4) is 0 Å². The lowest BCUT2D eigenvalue weighted by atomic mass is 9.87. The first-order valence-electron chi connectivity index (χ1n) is 4.75. The van der Waals surface area contributed by atoms with E-state index in [2.05, 4.69) is 38.1 Å². The van der Waals surface area contributed by atoms with E-state index in [1.807, 2.05) is 12.6 Å². The van der Waals surface area contributed by atoms with Gasteiger partial charge in [0.15, 0.2) is 0 Å². The van der Waals surface area contributed by atoms with Crippen molar-refractivity contribution in [2.45, 2.75) is 31.9 Å². The smallest absolute Gasteiger partial charge is 0.146 e. The van der Waals surface area contributed by atoms with Gasteiger partial charge in [-0.15, -0.1) is 22.2 Å². The highest BCUT2D eigenvalue weighted by atomic mass is 35.7. The van der Waals surface area contributed by atoms with E-state index in [1.54, 1.807) is 0 Å². The molecule has 1 rings (SSSR count). The fraction of sp³-hybridized carbons (Fsp3) is 0.455. The summed E-state index contributed by atoms with van der Waals surface area (Å²) in [6.45, 7) is 4.33. The second kappa shape index (κ2) is 4.26. The van der Waals surface area contributed by atoms with Crippen molar-refractivity contribution >= 4 is 28.9 Å². The second-order valence-corrected chi connectivity index (χ2v) is 12.6. The van der Waals surface area contributed by atoms with Crippen LogP contribution in [0, 0.1) is 0 Å². The Balaban J connectivity index is 2.86. The van der Waals surface area contributed by atoms with Crippen LogP contribution in [0.5, 0.6) is 0 Å². The van der Waals surface area contributed by atoms with Crippen molar-refractivity contribution in [2.75, 3.05) is 0 Å². The number of hydrogen-bond acceptors (Lipinski definition) is 0. The van der Waals surface area contributed by atoms with Gasteiger partial charge in [0.1, 0.15) is 0 Å². The largest absolute Gasteiger partial charge is 0.249 e. The third-order valence-corrected chi connectivity index (χ3v) is 4.61. The molecule has 14 heavy (non-hydrogen) atoms. The summed E-state index contributed by atoms with van der Waals surface area (Å²) < 4.78 is 0. The van der Waals surface area contributed by atoms with Gasteiger partial charge in [-0.25, -0.2) is 0 Å². The molecule has 0 amide bonds. The van der Waals surface area contributed by atoms with Gasteiger partial charge in [0.2, 0.25) is 6.69 Å². The van der Waals surface area contributed by atoms with Crippen molar-refractivity contribution in [1.82, 2.24) is 0 Å². The molecule has 0 saturated heterocycles. The number of benzene rings is 1. The normalized spacial score (nSPS) is 12.9. The molecule has 0 saturated carbocycles. The standard InChI is InChI=1S/C11H16Cl2Si/c1-11(2,9-14(3,12)13)10-7-5-4-6-8-10/h4-8H,9H2,1-3H3. The molecule has 0 bridgehead atoms. The van der Waals surface area contributed by atoms with Gasteiger partial charge in [0, 0.05) is 0 Å². The fourth-order valence-electron chi connectivity index (χ4n) is 1.77. The van der Waals surface area contributed by atoms with E-state index in [4.69, 9.17) is 22.2 Å². The average Bonchev–Trinajstić information content (AvgIpc) is 2.01. The summed E-state index contributed by atoms with van der Waals surface area (Å²) in [6.07, 6.45) is 0. The maximum absolute atomic E-state index is 6.17. The summed E-state index contributed by atoms with van der Waals surface area (Å²) >= 11 is 12.3. The Bertz CT molecular complexity index is 288. The molecule has 0 aliphatic rings. The maximum Gasteiger partial charge on any atom is 0.249 e. The van der Waals surface area contributed by atoms with Gasteiger partial charge in [-0.3, -0.25) is 0 Å². The molecule has 1 aromatic rings. The van der Waals surface area contributed by atoms with Crippen molar-refractivity contribution in [2.24, 2.45) is 0 Å². The van der Waals surface area contributed by atoms with Crippen molar-refractivity contribution < 1.29 is 0 Å². The van der Waals surface area contributed by atoms with Gasteiger partial charge in [0.25, 0.3) is 0 Å². The molecular formula is C11H16Cl2Si. The summed E-state index contributed by atoms with van der Waals surface area (Å²) in [5.74, 6) is 0. The molecule has 0 N–H and O–H groups in total. The van der Waals surface area contributed by atoms with Crippen LogP contribution in [0.1, 0.15) is 19.4 Å². The van der Waals surface area contributed by atoms with E-state index in [0.29, 0.717) is 0 Å². The molecular weight excluding hydrogens is 231 g/mol. The molecule has 0 aliphatic heterocycles. The summed E-state index contributed by atoms with van der Waals surface area (Å²) in [5, 5.41) is 0. The van der Waals surface area contributed by atoms with E-state index < -0.39 is 6.69 Å².